The maximum Gasteiger partial charge on any atom is 0.256 e. The van der Waals surface area contributed by atoms with Crippen LogP contribution in [0.3, 0.4) is 0 Å². The Morgan fingerprint density at radius 2 is 1.96 bits per heavy atom. The van der Waals surface area contributed by atoms with Crippen molar-refractivity contribution in [3.8, 4) is 5.88 Å². The number of aromatic nitrogens is 3. The third kappa shape index (κ3) is 4.47. The van der Waals surface area contributed by atoms with Crippen LogP contribution >= 0.6 is 0 Å². The van der Waals surface area contributed by atoms with E-state index in [0.717, 1.165) is 12.4 Å². The lowest BCUT2D eigenvalue weighted by molar-refractivity contribution is 0.0949. The third-order valence-corrected chi connectivity index (χ3v) is 3.93. The Bertz CT molecular complexity index is 846. The minimum absolute atomic E-state index is 0.192. The molecule has 0 aliphatic heterocycles. The summed E-state index contributed by atoms with van der Waals surface area (Å²) in [5.41, 5.74) is 1.66. The zero-order valence-electron chi connectivity index (χ0n) is 14.8. The summed E-state index contributed by atoms with van der Waals surface area (Å²) >= 11 is 0. The van der Waals surface area contributed by atoms with Gasteiger partial charge in [0, 0.05) is 38.1 Å². The van der Waals surface area contributed by atoms with E-state index in [1.807, 2.05) is 31.3 Å². The van der Waals surface area contributed by atoms with Crippen LogP contribution in [-0.2, 0) is 13.0 Å². The molecule has 134 valence electrons. The lowest BCUT2D eigenvalue weighted by Crippen LogP contribution is -2.27. The van der Waals surface area contributed by atoms with Gasteiger partial charge >= 0.3 is 0 Å². The smallest absolute Gasteiger partial charge is 0.256 e. The normalized spacial score (nSPS) is 10.5. The van der Waals surface area contributed by atoms with Gasteiger partial charge in [-0.05, 0) is 24.6 Å². The van der Waals surface area contributed by atoms with E-state index < -0.39 is 0 Å². The highest BCUT2D eigenvalue weighted by Crippen LogP contribution is 2.14. The second kappa shape index (κ2) is 8.80. The first kappa shape index (κ1) is 17.7. The molecule has 6 heteroatoms. The molecule has 0 bridgehead atoms. The maximum atomic E-state index is 12.4. The quantitative estimate of drug-likeness (QED) is 0.678. The number of nitrogens with one attached hydrogen (secondary N) is 1. The fourth-order valence-corrected chi connectivity index (χ4v) is 2.69. The zero-order chi connectivity index (χ0) is 18.2. The number of carbonyl (C=O) groups excluding carboxylic acids is 1. The molecule has 0 atom stereocenters. The molecule has 1 N–H and O–H groups in total. The molecule has 2 heterocycles. The molecule has 3 aromatic rings. The number of amides is 1. The Hall–Kier alpha value is -3.15. The molecule has 0 spiro atoms. The van der Waals surface area contributed by atoms with E-state index in [9.17, 15) is 4.79 Å². The Morgan fingerprint density at radius 1 is 1.12 bits per heavy atom. The summed E-state index contributed by atoms with van der Waals surface area (Å²) < 4.78 is 7.50. The molecule has 6 nitrogen and oxygen atoms in total. The number of hydrogen-bond acceptors (Lipinski definition) is 4. The molecule has 1 aromatic carbocycles. The van der Waals surface area contributed by atoms with Crippen molar-refractivity contribution in [1.82, 2.24) is 19.9 Å². The van der Waals surface area contributed by atoms with Gasteiger partial charge in [0.15, 0.2) is 0 Å². The highest BCUT2D eigenvalue weighted by atomic mass is 16.5. The topological polar surface area (TPSA) is 69.0 Å². The minimum atomic E-state index is -0.192. The van der Waals surface area contributed by atoms with E-state index in [1.165, 1.54) is 5.56 Å². The van der Waals surface area contributed by atoms with E-state index in [0.29, 0.717) is 31.0 Å². The van der Waals surface area contributed by atoms with Crippen molar-refractivity contribution in [3.05, 3.63) is 78.0 Å². The Labute approximate surface area is 152 Å². The summed E-state index contributed by atoms with van der Waals surface area (Å²) in [6.45, 7) is 3.59. The van der Waals surface area contributed by atoms with Crippen LogP contribution in [0.1, 0.15) is 28.7 Å². The lowest BCUT2D eigenvalue weighted by atomic mass is 10.2. The first-order valence-corrected chi connectivity index (χ1v) is 8.68. The average Bonchev–Trinajstić information content (AvgIpc) is 3.10. The highest BCUT2D eigenvalue weighted by Gasteiger charge is 2.13. The highest BCUT2D eigenvalue weighted by molar-refractivity contribution is 5.96. The number of imidazole rings is 1. The summed E-state index contributed by atoms with van der Waals surface area (Å²) in [6.07, 6.45) is 6.00. The standard InChI is InChI=1S/C20H22N4O2/c1-2-26-20-17(9-6-11-23-20)19(25)22-12-10-18-21-13-14-24(18)15-16-7-4-3-5-8-16/h3-9,11,13-14H,2,10,12,15H2,1H3,(H,22,25). The monoisotopic (exact) mass is 350 g/mol. The largest absolute Gasteiger partial charge is 0.477 e. The zero-order valence-corrected chi connectivity index (χ0v) is 14.8. The van der Waals surface area contributed by atoms with Crippen LogP contribution in [0.2, 0.25) is 0 Å². The SMILES string of the molecule is CCOc1ncccc1C(=O)NCCc1nccn1Cc1ccccc1. The van der Waals surface area contributed by atoms with Crippen LogP contribution in [0.25, 0.3) is 0 Å². The molecule has 0 unspecified atom stereocenters. The van der Waals surface area contributed by atoms with Gasteiger partial charge in [-0.3, -0.25) is 4.79 Å². The summed E-state index contributed by atoms with van der Waals surface area (Å²) in [5, 5.41) is 2.91. The molecule has 0 saturated heterocycles. The van der Waals surface area contributed by atoms with Crippen molar-refractivity contribution in [2.45, 2.75) is 19.9 Å². The van der Waals surface area contributed by atoms with E-state index in [1.54, 1.807) is 24.5 Å². The predicted octanol–water partition coefficient (Wildman–Crippen LogP) is 2.70. The van der Waals surface area contributed by atoms with Gasteiger partial charge in [0.1, 0.15) is 11.4 Å². The molecule has 3 rings (SSSR count). The van der Waals surface area contributed by atoms with E-state index in [4.69, 9.17) is 4.74 Å². The van der Waals surface area contributed by atoms with Gasteiger partial charge < -0.3 is 14.6 Å². The van der Waals surface area contributed by atoms with Crippen molar-refractivity contribution in [1.29, 1.82) is 0 Å². The number of ether oxygens (including phenoxy) is 1. The molecule has 0 radical (unpaired) electrons. The fraction of sp³-hybridized carbons (Fsp3) is 0.250. The van der Waals surface area contributed by atoms with Gasteiger partial charge in [0.05, 0.1) is 6.61 Å². The van der Waals surface area contributed by atoms with Crippen molar-refractivity contribution < 1.29 is 9.53 Å². The first-order valence-electron chi connectivity index (χ1n) is 8.68. The Morgan fingerprint density at radius 3 is 2.77 bits per heavy atom. The molecule has 2 aromatic heterocycles. The molecular weight excluding hydrogens is 328 g/mol. The van der Waals surface area contributed by atoms with Crippen LogP contribution < -0.4 is 10.1 Å². The number of rotatable bonds is 8. The van der Waals surface area contributed by atoms with E-state index in [2.05, 4.69) is 32.0 Å². The van der Waals surface area contributed by atoms with Crippen LogP contribution in [0.5, 0.6) is 5.88 Å². The van der Waals surface area contributed by atoms with Crippen LogP contribution in [0, 0.1) is 0 Å². The van der Waals surface area contributed by atoms with Gasteiger partial charge in [-0.2, -0.15) is 0 Å². The summed E-state index contributed by atoms with van der Waals surface area (Å²) in [7, 11) is 0. The van der Waals surface area contributed by atoms with Crippen molar-refractivity contribution in [2.24, 2.45) is 0 Å². The van der Waals surface area contributed by atoms with Gasteiger partial charge in [-0.15, -0.1) is 0 Å². The van der Waals surface area contributed by atoms with E-state index in [-0.39, 0.29) is 5.91 Å². The summed E-state index contributed by atoms with van der Waals surface area (Å²) in [4.78, 5) is 20.9. The van der Waals surface area contributed by atoms with E-state index >= 15 is 0 Å². The molecule has 0 aliphatic rings. The van der Waals surface area contributed by atoms with Gasteiger partial charge in [-0.1, -0.05) is 30.3 Å². The molecule has 26 heavy (non-hydrogen) atoms. The fourth-order valence-electron chi connectivity index (χ4n) is 2.69. The van der Waals surface area contributed by atoms with Crippen LogP contribution in [-0.4, -0.2) is 33.6 Å². The molecule has 0 aliphatic carbocycles. The maximum absolute atomic E-state index is 12.4. The molecule has 1 amide bonds. The summed E-state index contributed by atoms with van der Waals surface area (Å²) in [6, 6.07) is 13.7. The number of benzene rings is 1. The van der Waals surface area contributed by atoms with Crippen LogP contribution in [0.15, 0.2) is 61.1 Å². The lowest BCUT2D eigenvalue weighted by Gasteiger charge is -2.10. The second-order valence-electron chi connectivity index (χ2n) is 5.75. The third-order valence-electron chi connectivity index (χ3n) is 3.93. The molecule has 0 fully saturated rings. The van der Waals surface area contributed by atoms with Gasteiger partial charge in [0.2, 0.25) is 5.88 Å². The van der Waals surface area contributed by atoms with Gasteiger partial charge in [0.25, 0.3) is 5.91 Å². The number of hydrogen-bond donors (Lipinski definition) is 1. The van der Waals surface area contributed by atoms with Gasteiger partial charge in [-0.25, -0.2) is 9.97 Å². The minimum Gasteiger partial charge on any atom is -0.477 e. The second-order valence-corrected chi connectivity index (χ2v) is 5.75. The number of nitrogens with zero attached hydrogens (tertiary/aromatic N) is 3. The number of pyridine rings is 1. The predicted molar refractivity (Wildman–Crippen MR) is 99.2 cm³/mol. The van der Waals surface area contributed by atoms with Crippen LogP contribution in [0.4, 0.5) is 0 Å². The molecular formula is C20H22N4O2. The van der Waals surface area contributed by atoms with Crippen molar-refractivity contribution in [3.63, 3.8) is 0 Å². The first-order chi connectivity index (χ1) is 12.8. The Kier molecular flexibility index (Phi) is 5.98. The summed E-state index contributed by atoms with van der Waals surface area (Å²) in [5.74, 6) is 1.10. The van der Waals surface area contributed by atoms with Crippen molar-refractivity contribution >= 4 is 5.91 Å². The van der Waals surface area contributed by atoms with Crippen molar-refractivity contribution in [2.75, 3.05) is 13.2 Å². The average molecular weight is 350 g/mol. The molecule has 0 saturated carbocycles. The Balaban J connectivity index is 1.57. The number of carbonyl (C=O) groups is 1.